The fourth-order valence-electron chi connectivity index (χ4n) is 2.46. The standard InChI is InChI=1S/C14H22N2/c1-12-11-15-10-9-14(12)16-13-7-5-3-2-4-6-8-13/h9-11,13H,2-8H2,1H3,(H,15,16). The van der Waals surface area contributed by atoms with Crippen LogP contribution in [0.1, 0.15) is 50.5 Å². The van der Waals surface area contributed by atoms with Crippen molar-refractivity contribution in [2.75, 3.05) is 5.32 Å². The fourth-order valence-corrected chi connectivity index (χ4v) is 2.46. The lowest BCUT2D eigenvalue weighted by atomic mass is 9.96. The molecule has 1 aromatic heterocycles. The predicted molar refractivity (Wildman–Crippen MR) is 68.7 cm³/mol. The number of aryl methyl sites for hydroxylation is 1. The lowest BCUT2D eigenvalue weighted by Gasteiger charge is -2.22. The maximum Gasteiger partial charge on any atom is 0.0402 e. The van der Waals surface area contributed by atoms with E-state index in [-0.39, 0.29) is 0 Å². The fraction of sp³-hybridized carbons (Fsp3) is 0.643. The quantitative estimate of drug-likeness (QED) is 0.814. The van der Waals surface area contributed by atoms with Gasteiger partial charge in [-0.3, -0.25) is 4.98 Å². The van der Waals surface area contributed by atoms with Crippen molar-refractivity contribution in [2.24, 2.45) is 0 Å². The Hall–Kier alpha value is -1.05. The summed E-state index contributed by atoms with van der Waals surface area (Å²) in [5.74, 6) is 0. The van der Waals surface area contributed by atoms with E-state index < -0.39 is 0 Å². The molecule has 1 N–H and O–H groups in total. The minimum Gasteiger partial charge on any atom is -0.382 e. The molecule has 2 rings (SSSR count). The summed E-state index contributed by atoms with van der Waals surface area (Å²) >= 11 is 0. The number of aromatic nitrogens is 1. The maximum absolute atomic E-state index is 4.13. The van der Waals surface area contributed by atoms with Gasteiger partial charge in [-0.25, -0.2) is 0 Å². The van der Waals surface area contributed by atoms with Crippen LogP contribution in [0.4, 0.5) is 5.69 Å². The van der Waals surface area contributed by atoms with Gasteiger partial charge in [-0.2, -0.15) is 0 Å². The highest BCUT2D eigenvalue weighted by atomic mass is 14.9. The molecule has 1 aromatic rings. The molecule has 0 radical (unpaired) electrons. The zero-order chi connectivity index (χ0) is 11.2. The molecule has 1 heterocycles. The van der Waals surface area contributed by atoms with Crippen LogP contribution in [0.15, 0.2) is 18.5 Å². The van der Waals surface area contributed by atoms with Gasteiger partial charge in [0.1, 0.15) is 0 Å². The molecule has 1 saturated carbocycles. The Morgan fingerprint density at radius 1 is 1.12 bits per heavy atom. The van der Waals surface area contributed by atoms with Gasteiger partial charge >= 0.3 is 0 Å². The van der Waals surface area contributed by atoms with Gasteiger partial charge in [0, 0.05) is 24.1 Å². The van der Waals surface area contributed by atoms with Gasteiger partial charge < -0.3 is 5.32 Å². The van der Waals surface area contributed by atoms with E-state index in [0.717, 1.165) is 0 Å². The van der Waals surface area contributed by atoms with Crippen molar-refractivity contribution in [2.45, 2.75) is 57.9 Å². The molecular formula is C14H22N2. The van der Waals surface area contributed by atoms with E-state index in [9.17, 15) is 0 Å². The SMILES string of the molecule is Cc1cnccc1NC1CCCCCCC1. The van der Waals surface area contributed by atoms with E-state index in [4.69, 9.17) is 0 Å². The molecule has 0 aliphatic heterocycles. The molecule has 1 aliphatic carbocycles. The minimum absolute atomic E-state index is 0.668. The Labute approximate surface area is 98.5 Å². The van der Waals surface area contributed by atoms with Crippen molar-refractivity contribution >= 4 is 5.69 Å². The van der Waals surface area contributed by atoms with Crippen LogP contribution < -0.4 is 5.32 Å². The lowest BCUT2D eigenvalue weighted by Crippen LogP contribution is -2.21. The Bertz CT molecular complexity index is 314. The average molecular weight is 218 g/mol. The highest BCUT2D eigenvalue weighted by Crippen LogP contribution is 2.21. The molecule has 1 aliphatic rings. The van der Waals surface area contributed by atoms with Gasteiger partial charge in [0.15, 0.2) is 0 Å². The van der Waals surface area contributed by atoms with E-state index in [0.29, 0.717) is 6.04 Å². The van der Waals surface area contributed by atoms with Crippen molar-refractivity contribution in [3.05, 3.63) is 24.0 Å². The molecule has 16 heavy (non-hydrogen) atoms. The molecule has 0 spiro atoms. The topological polar surface area (TPSA) is 24.9 Å². The monoisotopic (exact) mass is 218 g/mol. The number of anilines is 1. The second-order valence-electron chi connectivity index (χ2n) is 4.88. The smallest absolute Gasteiger partial charge is 0.0402 e. The zero-order valence-electron chi connectivity index (χ0n) is 10.2. The van der Waals surface area contributed by atoms with Gasteiger partial charge in [0.25, 0.3) is 0 Å². The second-order valence-corrected chi connectivity index (χ2v) is 4.88. The summed E-state index contributed by atoms with van der Waals surface area (Å²) in [5.41, 5.74) is 2.52. The first-order chi connectivity index (χ1) is 7.86. The van der Waals surface area contributed by atoms with Gasteiger partial charge in [-0.05, 0) is 31.4 Å². The summed E-state index contributed by atoms with van der Waals surface area (Å²) in [5, 5.41) is 3.68. The Kier molecular flexibility index (Phi) is 4.20. The largest absolute Gasteiger partial charge is 0.382 e. The van der Waals surface area contributed by atoms with E-state index in [1.165, 1.54) is 56.2 Å². The maximum atomic E-state index is 4.13. The molecule has 0 amide bonds. The lowest BCUT2D eigenvalue weighted by molar-refractivity contribution is 0.471. The van der Waals surface area contributed by atoms with Gasteiger partial charge in [0.2, 0.25) is 0 Å². The summed E-state index contributed by atoms with van der Waals surface area (Å²) in [6.07, 6.45) is 13.5. The van der Waals surface area contributed by atoms with Crippen LogP contribution in [0.2, 0.25) is 0 Å². The number of hydrogen-bond acceptors (Lipinski definition) is 2. The Morgan fingerprint density at radius 3 is 2.50 bits per heavy atom. The summed E-state index contributed by atoms with van der Waals surface area (Å²) in [4.78, 5) is 4.13. The van der Waals surface area contributed by atoms with Crippen molar-refractivity contribution in [1.82, 2.24) is 4.98 Å². The van der Waals surface area contributed by atoms with Crippen molar-refractivity contribution in [3.63, 3.8) is 0 Å². The summed E-state index contributed by atoms with van der Waals surface area (Å²) < 4.78 is 0. The Balaban J connectivity index is 1.94. The zero-order valence-corrected chi connectivity index (χ0v) is 10.2. The molecule has 88 valence electrons. The number of rotatable bonds is 2. The molecule has 0 unspecified atom stereocenters. The van der Waals surface area contributed by atoms with Gasteiger partial charge in [0.05, 0.1) is 0 Å². The third-order valence-electron chi connectivity index (χ3n) is 3.49. The summed E-state index contributed by atoms with van der Waals surface area (Å²) in [7, 11) is 0. The summed E-state index contributed by atoms with van der Waals surface area (Å²) in [6.45, 7) is 2.12. The van der Waals surface area contributed by atoms with E-state index in [1.54, 1.807) is 0 Å². The second kappa shape index (κ2) is 5.88. The molecule has 2 nitrogen and oxygen atoms in total. The van der Waals surface area contributed by atoms with Crippen LogP contribution in [-0.2, 0) is 0 Å². The van der Waals surface area contributed by atoms with Gasteiger partial charge in [-0.1, -0.05) is 32.1 Å². The van der Waals surface area contributed by atoms with Crippen LogP contribution in [0.25, 0.3) is 0 Å². The van der Waals surface area contributed by atoms with Crippen LogP contribution in [0, 0.1) is 6.92 Å². The van der Waals surface area contributed by atoms with E-state index in [1.807, 2.05) is 12.4 Å². The van der Waals surface area contributed by atoms with Crippen LogP contribution >= 0.6 is 0 Å². The van der Waals surface area contributed by atoms with Crippen LogP contribution in [-0.4, -0.2) is 11.0 Å². The third-order valence-corrected chi connectivity index (χ3v) is 3.49. The van der Waals surface area contributed by atoms with E-state index in [2.05, 4.69) is 23.3 Å². The number of hydrogen-bond donors (Lipinski definition) is 1. The predicted octanol–water partition coefficient (Wildman–Crippen LogP) is 3.91. The molecule has 0 saturated heterocycles. The Morgan fingerprint density at radius 2 is 1.81 bits per heavy atom. The molecular weight excluding hydrogens is 196 g/mol. The average Bonchev–Trinajstić information content (AvgIpc) is 2.24. The highest BCUT2D eigenvalue weighted by molar-refractivity contribution is 5.49. The first-order valence-electron chi connectivity index (χ1n) is 6.53. The number of nitrogens with one attached hydrogen (secondary N) is 1. The molecule has 1 fully saturated rings. The molecule has 2 heteroatoms. The normalized spacial score (nSPS) is 18.8. The highest BCUT2D eigenvalue weighted by Gasteiger charge is 2.11. The molecule has 0 atom stereocenters. The van der Waals surface area contributed by atoms with Crippen molar-refractivity contribution in [3.8, 4) is 0 Å². The van der Waals surface area contributed by atoms with E-state index >= 15 is 0 Å². The van der Waals surface area contributed by atoms with Crippen molar-refractivity contribution < 1.29 is 0 Å². The minimum atomic E-state index is 0.668. The third kappa shape index (κ3) is 3.22. The first kappa shape index (κ1) is 11.4. The van der Waals surface area contributed by atoms with Gasteiger partial charge in [-0.15, -0.1) is 0 Å². The van der Waals surface area contributed by atoms with Crippen LogP contribution in [0.5, 0.6) is 0 Å². The number of pyridine rings is 1. The molecule has 0 bridgehead atoms. The van der Waals surface area contributed by atoms with Crippen LogP contribution in [0.3, 0.4) is 0 Å². The summed E-state index contributed by atoms with van der Waals surface area (Å²) in [6, 6.07) is 2.76. The number of nitrogens with zero attached hydrogens (tertiary/aromatic N) is 1. The van der Waals surface area contributed by atoms with Crippen molar-refractivity contribution in [1.29, 1.82) is 0 Å². The molecule has 0 aromatic carbocycles. The first-order valence-corrected chi connectivity index (χ1v) is 6.53.